The SMILES string of the molecule is COC(=O)/C=C/c1cccc(Br)c1NC(=O)C(C)(C)C. The summed E-state index contributed by atoms with van der Waals surface area (Å²) >= 11 is 3.40. The molecule has 1 aromatic carbocycles. The number of benzene rings is 1. The Morgan fingerprint density at radius 1 is 1.30 bits per heavy atom. The highest BCUT2D eigenvalue weighted by molar-refractivity contribution is 9.10. The Bertz CT molecular complexity index is 545. The van der Waals surface area contributed by atoms with Crippen molar-refractivity contribution in [3.8, 4) is 0 Å². The molecule has 5 heteroatoms. The van der Waals surface area contributed by atoms with Gasteiger partial charge in [0.1, 0.15) is 0 Å². The van der Waals surface area contributed by atoms with E-state index in [4.69, 9.17) is 0 Å². The highest BCUT2D eigenvalue weighted by Gasteiger charge is 2.22. The van der Waals surface area contributed by atoms with Crippen molar-refractivity contribution in [3.05, 3.63) is 34.3 Å². The molecule has 0 bridgehead atoms. The first-order chi connectivity index (χ1) is 9.25. The summed E-state index contributed by atoms with van der Waals surface area (Å²) in [5.74, 6) is -0.546. The number of rotatable bonds is 3. The number of carbonyl (C=O) groups is 2. The summed E-state index contributed by atoms with van der Waals surface area (Å²) in [6.45, 7) is 5.51. The zero-order chi connectivity index (χ0) is 15.3. The van der Waals surface area contributed by atoms with Crippen LogP contribution in [0.2, 0.25) is 0 Å². The number of hydrogen-bond donors (Lipinski definition) is 1. The molecule has 0 saturated heterocycles. The van der Waals surface area contributed by atoms with Gasteiger partial charge in [0.25, 0.3) is 0 Å². The largest absolute Gasteiger partial charge is 0.466 e. The summed E-state index contributed by atoms with van der Waals surface area (Å²) in [4.78, 5) is 23.2. The predicted molar refractivity (Wildman–Crippen MR) is 83.3 cm³/mol. The Hall–Kier alpha value is -1.62. The standard InChI is InChI=1S/C15H18BrNO3/c1-15(2,3)14(19)17-13-10(6-5-7-11(13)16)8-9-12(18)20-4/h5-9H,1-4H3,(H,17,19)/b9-8+. The number of methoxy groups -OCH3 is 1. The molecule has 0 aromatic heterocycles. The van der Waals surface area contributed by atoms with Gasteiger partial charge in [-0.2, -0.15) is 0 Å². The molecule has 1 amide bonds. The van der Waals surface area contributed by atoms with Crippen LogP contribution in [0.3, 0.4) is 0 Å². The molecule has 1 N–H and O–H groups in total. The first-order valence-electron chi connectivity index (χ1n) is 6.11. The first-order valence-corrected chi connectivity index (χ1v) is 6.91. The van der Waals surface area contributed by atoms with E-state index in [1.54, 1.807) is 6.08 Å². The maximum atomic E-state index is 12.1. The lowest BCUT2D eigenvalue weighted by molar-refractivity contribution is -0.134. The Morgan fingerprint density at radius 2 is 1.95 bits per heavy atom. The van der Waals surface area contributed by atoms with Gasteiger partial charge in [-0.1, -0.05) is 32.9 Å². The van der Waals surface area contributed by atoms with Crippen molar-refractivity contribution in [2.24, 2.45) is 5.41 Å². The minimum Gasteiger partial charge on any atom is -0.466 e. The van der Waals surface area contributed by atoms with Crippen molar-refractivity contribution in [1.82, 2.24) is 0 Å². The summed E-state index contributed by atoms with van der Waals surface area (Å²) < 4.78 is 5.30. The molecule has 0 aliphatic heterocycles. The molecule has 4 nitrogen and oxygen atoms in total. The molecule has 0 spiro atoms. The van der Waals surface area contributed by atoms with Gasteiger partial charge in [-0.25, -0.2) is 4.79 Å². The van der Waals surface area contributed by atoms with E-state index in [0.29, 0.717) is 5.69 Å². The molecule has 108 valence electrons. The molecule has 0 saturated carbocycles. The van der Waals surface area contributed by atoms with Crippen LogP contribution >= 0.6 is 15.9 Å². The Balaban J connectivity index is 3.09. The summed E-state index contributed by atoms with van der Waals surface area (Å²) in [6, 6.07) is 5.46. The van der Waals surface area contributed by atoms with Crippen molar-refractivity contribution >= 4 is 39.6 Å². The fourth-order valence-corrected chi connectivity index (χ4v) is 1.82. The van der Waals surface area contributed by atoms with E-state index in [0.717, 1.165) is 10.0 Å². The van der Waals surface area contributed by atoms with Crippen LogP contribution < -0.4 is 5.32 Å². The Morgan fingerprint density at radius 3 is 2.50 bits per heavy atom. The number of anilines is 1. The second-order valence-electron chi connectivity index (χ2n) is 5.26. The van der Waals surface area contributed by atoms with E-state index in [1.165, 1.54) is 13.2 Å². The fourth-order valence-electron chi connectivity index (χ4n) is 1.34. The molecule has 20 heavy (non-hydrogen) atoms. The molecule has 0 fully saturated rings. The lowest BCUT2D eigenvalue weighted by Crippen LogP contribution is -2.28. The highest BCUT2D eigenvalue weighted by Crippen LogP contribution is 2.29. The van der Waals surface area contributed by atoms with Crippen LogP contribution in [0.25, 0.3) is 6.08 Å². The van der Waals surface area contributed by atoms with Crippen LogP contribution in [0.1, 0.15) is 26.3 Å². The number of ether oxygens (including phenoxy) is 1. The van der Waals surface area contributed by atoms with Crippen LogP contribution in [0.15, 0.2) is 28.7 Å². The molecular weight excluding hydrogens is 322 g/mol. The lowest BCUT2D eigenvalue weighted by atomic mass is 9.95. The number of amides is 1. The molecule has 0 atom stereocenters. The molecule has 1 rings (SSSR count). The van der Waals surface area contributed by atoms with Crippen molar-refractivity contribution in [1.29, 1.82) is 0 Å². The zero-order valence-corrected chi connectivity index (χ0v) is 13.6. The maximum Gasteiger partial charge on any atom is 0.330 e. The summed E-state index contributed by atoms with van der Waals surface area (Å²) in [5.41, 5.74) is 0.855. The quantitative estimate of drug-likeness (QED) is 0.675. The van der Waals surface area contributed by atoms with E-state index in [-0.39, 0.29) is 5.91 Å². The third-order valence-electron chi connectivity index (χ3n) is 2.57. The van der Waals surface area contributed by atoms with Crippen LogP contribution in [0.5, 0.6) is 0 Å². The Labute approximate surface area is 127 Å². The topological polar surface area (TPSA) is 55.4 Å². The second kappa shape index (κ2) is 6.70. The molecule has 0 radical (unpaired) electrons. The highest BCUT2D eigenvalue weighted by atomic mass is 79.9. The normalized spacial score (nSPS) is 11.4. The van der Waals surface area contributed by atoms with Crippen molar-refractivity contribution in [2.45, 2.75) is 20.8 Å². The van der Waals surface area contributed by atoms with Crippen molar-refractivity contribution in [3.63, 3.8) is 0 Å². The van der Waals surface area contributed by atoms with Crippen LogP contribution in [0.4, 0.5) is 5.69 Å². The fraction of sp³-hybridized carbons (Fsp3) is 0.333. The third-order valence-corrected chi connectivity index (χ3v) is 3.23. The molecule has 0 heterocycles. The van der Waals surface area contributed by atoms with E-state index in [2.05, 4.69) is 26.0 Å². The lowest BCUT2D eigenvalue weighted by Gasteiger charge is -2.19. The van der Waals surface area contributed by atoms with Crippen molar-refractivity contribution in [2.75, 3.05) is 12.4 Å². The first kappa shape index (κ1) is 16.4. The minimum absolute atomic E-state index is 0.0999. The third kappa shape index (κ3) is 4.49. The van der Waals surface area contributed by atoms with Gasteiger partial charge in [0.2, 0.25) is 5.91 Å². The predicted octanol–water partition coefficient (Wildman–Crippen LogP) is 3.62. The van der Waals surface area contributed by atoms with Gasteiger partial charge in [0.15, 0.2) is 0 Å². The number of halogens is 1. The van der Waals surface area contributed by atoms with E-state index in [9.17, 15) is 9.59 Å². The van der Waals surface area contributed by atoms with Crippen LogP contribution in [-0.2, 0) is 14.3 Å². The van der Waals surface area contributed by atoms with E-state index < -0.39 is 11.4 Å². The van der Waals surface area contributed by atoms with E-state index >= 15 is 0 Å². The molecule has 0 aliphatic carbocycles. The number of nitrogens with one attached hydrogen (secondary N) is 1. The number of carbonyl (C=O) groups excluding carboxylic acids is 2. The van der Waals surface area contributed by atoms with Gasteiger partial charge >= 0.3 is 5.97 Å². The molecular formula is C15H18BrNO3. The summed E-state index contributed by atoms with van der Waals surface area (Å²) in [6.07, 6.45) is 2.92. The molecule has 0 aliphatic rings. The van der Waals surface area contributed by atoms with Gasteiger partial charge in [-0.3, -0.25) is 4.79 Å². The monoisotopic (exact) mass is 339 g/mol. The minimum atomic E-state index is -0.501. The van der Waals surface area contributed by atoms with Gasteiger partial charge in [0, 0.05) is 16.0 Å². The number of para-hydroxylation sites is 1. The smallest absolute Gasteiger partial charge is 0.330 e. The van der Waals surface area contributed by atoms with Crippen LogP contribution in [-0.4, -0.2) is 19.0 Å². The van der Waals surface area contributed by atoms with Crippen LogP contribution in [0, 0.1) is 5.41 Å². The van der Waals surface area contributed by atoms with Crippen molar-refractivity contribution < 1.29 is 14.3 Å². The van der Waals surface area contributed by atoms with Gasteiger partial charge in [-0.05, 0) is 33.6 Å². The summed E-state index contributed by atoms with van der Waals surface area (Å²) in [5, 5.41) is 2.87. The van der Waals surface area contributed by atoms with E-state index in [1.807, 2.05) is 39.0 Å². The number of esters is 1. The van der Waals surface area contributed by atoms with Gasteiger partial charge < -0.3 is 10.1 Å². The Kier molecular flexibility index (Phi) is 5.51. The summed E-state index contributed by atoms with van der Waals surface area (Å²) in [7, 11) is 1.32. The van der Waals surface area contributed by atoms with Gasteiger partial charge in [-0.15, -0.1) is 0 Å². The average Bonchev–Trinajstić information content (AvgIpc) is 2.37. The van der Waals surface area contributed by atoms with Gasteiger partial charge in [0.05, 0.1) is 12.8 Å². The molecule has 0 unspecified atom stereocenters. The molecule has 1 aromatic rings. The maximum absolute atomic E-state index is 12.1. The zero-order valence-electron chi connectivity index (χ0n) is 12.0. The average molecular weight is 340 g/mol. The second-order valence-corrected chi connectivity index (χ2v) is 6.12. The number of hydrogen-bond acceptors (Lipinski definition) is 3.